The maximum atomic E-state index is 10.1. The van der Waals surface area contributed by atoms with Crippen LogP contribution >= 0.6 is 0 Å². The van der Waals surface area contributed by atoms with Gasteiger partial charge in [0.25, 0.3) is 0 Å². The molecule has 0 aliphatic heterocycles. The Balaban J connectivity index is 3.40. The molecule has 10 heavy (non-hydrogen) atoms. The van der Waals surface area contributed by atoms with E-state index in [4.69, 9.17) is 15.9 Å². The van der Waals surface area contributed by atoms with E-state index in [2.05, 4.69) is 5.32 Å². The largest absolute Gasteiger partial charge is 0.480 e. The van der Waals surface area contributed by atoms with Crippen molar-refractivity contribution in [2.45, 2.75) is 19.2 Å². The number of rotatable bonds is 4. The summed E-state index contributed by atoms with van der Waals surface area (Å²) >= 11 is 0. The summed E-state index contributed by atoms with van der Waals surface area (Å²) in [5.41, 5.74) is 5.09. The van der Waals surface area contributed by atoms with E-state index in [-0.39, 0.29) is 6.54 Å². The van der Waals surface area contributed by atoms with Crippen LogP contribution in [0.4, 0.5) is 0 Å². The molecule has 0 bridgehead atoms. The third-order valence-electron chi connectivity index (χ3n) is 0.950. The topological polar surface area (TPSA) is 95.6 Å². The minimum Gasteiger partial charge on any atom is -0.480 e. The Morgan fingerprint density at radius 3 is 2.60 bits per heavy atom. The van der Waals surface area contributed by atoms with Crippen LogP contribution in [0.25, 0.3) is 0 Å². The SMILES string of the molecule is C[C@H](O)NC[C@H](N)C(=O)O. The fourth-order valence-electron chi connectivity index (χ4n) is 0.385. The summed E-state index contributed by atoms with van der Waals surface area (Å²) in [5.74, 6) is -1.08. The molecule has 0 amide bonds. The first-order valence-electron chi connectivity index (χ1n) is 2.94. The average Bonchev–Trinajstić information content (AvgIpc) is 1.82. The lowest BCUT2D eigenvalue weighted by Gasteiger charge is -2.09. The summed E-state index contributed by atoms with van der Waals surface area (Å²) in [6.45, 7) is 1.57. The molecule has 0 saturated heterocycles. The summed E-state index contributed by atoms with van der Waals surface area (Å²) in [6.07, 6.45) is -0.717. The van der Waals surface area contributed by atoms with Gasteiger partial charge in [-0.1, -0.05) is 0 Å². The fourth-order valence-corrected chi connectivity index (χ4v) is 0.385. The second kappa shape index (κ2) is 4.21. The van der Waals surface area contributed by atoms with Crippen molar-refractivity contribution in [2.75, 3.05) is 6.54 Å². The quantitative estimate of drug-likeness (QED) is 0.357. The van der Waals surface area contributed by atoms with Gasteiger partial charge in [0.15, 0.2) is 0 Å². The van der Waals surface area contributed by atoms with Gasteiger partial charge in [0.05, 0.1) is 0 Å². The van der Waals surface area contributed by atoms with Crippen molar-refractivity contribution in [1.29, 1.82) is 0 Å². The lowest BCUT2D eigenvalue weighted by molar-refractivity contribution is -0.138. The smallest absolute Gasteiger partial charge is 0.321 e. The molecule has 0 fully saturated rings. The summed E-state index contributed by atoms with van der Waals surface area (Å²) in [7, 11) is 0. The Bertz CT molecular complexity index is 115. The molecule has 0 aliphatic rings. The number of carboxylic acid groups (broad SMARTS) is 1. The van der Waals surface area contributed by atoms with Crippen molar-refractivity contribution in [2.24, 2.45) is 5.73 Å². The number of hydrogen-bond acceptors (Lipinski definition) is 4. The number of nitrogens with two attached hydrogens (primary N) is 1. The maximum absolute atomic E-state index is 10.1. The van der Waals surface area contributed by atoms with Gasteiger partial charge >= 0.3 is 5.97 Å². The van der Waals surface area contributed by atoms with Crippen LogP contribution in [-0.2, 0) is 4.79 Å². The predicted molar refractivity (Wildman–Crippen MR) is 35.3 cm³/mol. The van der Waals surface area contributed by atoms with Gasteiger partial charge in [0.2, 0.25) is 0 Å². The second-order valence-electron chi connectivity index (χ2n) is 2.03. The molecule has 0 aliphatic carbocycles. The van der Waals surface area contributed by atoms with Crippen molar-refractivity contribution in [3.8, 4) is 0 Å². The molecule has 0 aromatic rings. The highest BCUT2D eigenvalue weighted by molar-refractivity contribution is 5.73. The standard InChI is InChI=1S/C5H12N2O3/c1-3(8)7-2-4(6)5(9)10/h3-4,7-8H,2,6H2,1H3,(H,9,10)/t3-,4-/m0/s1. The van der Waals surface area contributed by atoms with E-state index in [1.54, 1.807) is 0 Å². The molecule has 2 atom stereocenters. The Labute approximate surface area is 58.8 Å². The minimum absolute atomic E-state index is 0.0764. The van der Waals surface area contributed by atoms with Crippen LogP contribution < -0.4 is 11.1 Å². The van der Waals surface area contributed by atoms with Crippen LogP contribution in [0.2, 0.25) is 0 Å². The van der Waals surface area contributed by atoms with Crippen molar-refractivity contribution in [1.82, 2.24) is 5.32 Å². The first kappa shape index (κ1) is 9.35. The molecular weight excluding hydrogens is 136 g/mol. The molecule has 0 rings (SSSR count). The first-order valence-corrected chi connectivity index (χ1v) is 2.94. The van der Waals surface area contributed by atoms with E-state index in [0.717, 1.165) is 0 Å². The summed E-state index contributed by atoms with van der Waals surface area (Å²) in [5, 5.41) is 19.3. The Hall–Kier alpha value is -0.650. The van der Waals surface area contributed by atoms with Crippen molar-refractivity contribution >= 4 is 5.97 Å². The molecule has 0 aromatic carbocycles. The number of hydrogen-bond donors (Lipinski definition) is 4. The van der Waals surface area contributed by atoms with Gasteiger partial charge in [-0.2, -0.15) is 0 Å². The van der Waals surface area contributed by atoms with E-state index >= 15 is 0 Å². The van der Waals surface area contributed by atoms with Crippen molar-refractivity contribution in [3.63, 3.8) is 0 Å². The monoisotopic (exact) mass is 148 g/mol. The van der Waals surface area contributed by atoms with Crippen LogP contribution in [0.5, 0.6) is 0 Å². The van der Waals surface area contributed by atoms with Gasteiger partial charge < -0.3 is 15.9 Å². The molecule has 5 nitrogen and oxygen atoms in total. The molecule has 0 spiro atoms. The molecule has 0 saturated carbocycles. The van der Waals surface area contributed by atoms with Crippen LogP contribution in [0.15, 0.2) is 0 Å². The van der Waals surface area contributed by atoms with E-state index in [1.165, 1.54) is 6.92 Å². The molecule has 5 heteroatoms. The number of nitrogens with one attached hydrogen (secondary N) is 1. The molecule has 0 aromatic heterocycles. The van der Waals surface area contributed by atoms with Crippen LogP contribution in [0.1, 0.15) is 6.92 Å². The lowest BCUT2D eigenvalue weighted by atomic mass is 10.3. The van der Waals surface area contributed by atoms with E-state index < -0.39 is 18.2 Å². The Kier molecular flexibility index (Phi) is 3.94. The third-order valence-corrected chi connectivity index (χ3v) is 0.950. The normalized spacial score (nSPS) is 16.3. The molecule has 60 valence electrons. The Morgan fingerprint density at radius 1 is 1.80 bits per heavy atom. The first-order chi connectivity index (χ1) is 4.54. The highest BCUT2D eigenvalue weighted by Crippen LogP contribution is 1.77. The van der Waals surface area contributed by atoms with Gasteiger partial charge in [0, 0.05) is 6.54 Å². The van der Waals surface area contributed by atoms with Crippen LogP contribution in [-0.4, -0.2) is 35.0 Å². The molecule has 5 N–H and O–H groups in total. The van der Waals surface area contributed by atoms with Crippen molar-refractivity contribution < 1.29 is 15.0 Å². The molecule has 0 radical (unpaired) electrons. The predicted octanol–water partition coefficient (Wildman–Crippen LogP) is -1.67. The number of aliphatic hydroxyl groups is 1. The highest BCUT2D eigenvalue weighted by Gasteiger charge is 2.10. The van der Waals surface area contributed by atoms with Gasteiger partial charge in [-0.25, -0.2) is 0 Å². The third kappa shape index (κ3) is 4.25. The van der Waals surface area contributed by atoms with Gasteiger partial charge in [0.1, 0.15) is 12.3 Å². The maximum Gasteiger partial charge on any atom is 0.321 e. The zero-order chi connectivity index (χ0) is 8.15. The van der Waals surface area contributed by atoms with Gasteiger partial charge in [-0.15, -0.1) is 0 Å². The summed E-state index contributed by atoms with van der Waals surface area (Å²) < 4.78 is 0. The average molecular weight is 148 g/mol. The molecular formula is C5H12N2O3. The van der Waals surface area contributed by atoms with E-state index in [9.17, 15) is 4.79 Å². The van der Waals surface area contributed by atoms with Gasteiger partial charge in [-0.3, -0.25) is 10.1 Å². The number of carboxylic acids is 1. The zero-order valence-electron chi connectivity index (χ0n) is 5.74. The van der Waals surface area contributed by atoms with Crippen molar-refractivity contribution in [3.05, 3.63) is 0 Å². The number of aliphatic carboxylic acids is 1. The van der Waals surface area contributed by atoms with E-state index in [0.29, 0.717) is 0 Å². The molecule has 0 unspecified atom stereocenters. The Morgan fingerprint density at radius 2 is 2.30 bits per heavy atom. The minimum atomic E-state index is -1.08. The number of carbonyl (C=O) groups is 1. The summed E-state index contributed by atoms with van der Waals surface area (Å²) in [6, 6.07) is -0.949. The van der Waals surface area contributed by atoms with Crippen LogP contribution in [0.3, 0.4) is 0 Å². The van der Waals surface area contributed by atoms with E-state index in [1.807, 2.05) is 0 Å². The number of aliphatic hydroxyl groups excluding tert-OH is 1. The highest BCUT2D eigenvalue weighted by atomic mass is 16.4. The summed E-state index contributed by atoms with van der Waals surface area (Å²) in [4.78, 5) is 10.1. The molecule has 0 heterocycles. The van der Waals surface area contributed by atoms with Gasteiger partial charge in [-0.05, 0) is 6.92 Å². The lowest BCUT2D eigenvalue weighted by Crippen LogP contribution is -2.43. The zero-order valence-corrected chi connectivity index (χ0v) is 5.74. The fraction of sp³-hybridized carbons (Fsp3) is 0.800. The second-order valence-corrected chi connectivity index (χ2v) is 2.03. The van der Waals surface area contributed by atoms with Crippen LogP contribution in [0, 0.1) is 0 Å².